The lowest BCUT2D eigenvalue weighted by Crippen LogP contribution is -2.21. The van der Waals surface area contributed by atoms with Crippen LogP contribution in [-0.2, 0) is 4.79 Å². The van der Waals surface area contributed by atoms with E-state index >= 15 is 0 Å². The van der Waals surface area contributed by atoms with Crippen molar-refractivity contribution in [3.05, 3.63) is 45.0 Å². The van der Waals surface area contributed by atoms with Crippen molar-refractivity contribution in [3.8, 4) is 0 Å². The molecule has 0 spiro atoms. The summed E-state index contributed by atoms with van der Waals surface area (Å²) in [7, 11) is 0. The molecular weight excluding hydrogens is 330 g/mol. The van der Waals surface area contributed by atoms with E-state index in [1.54, 1.807) is 0 Å². The third-order valence-electron chi connectivity index (χ3n) is 4.83. The second kappa shape index (κ2) is 8.79. The molecule has 2 rings (SSSR count). The normalized spacial score (nSPS) is 19.2. The number of nitrogens with zero attached hydrogens (tertiary/aromatic N) is 1. The Labute approximate surface area is 155 Å². The first-order valence-electron chi connectivity index (χ1n) is 9.16. The van der Waals surface area contributed by atoms with E-state index in [2.05, 4.69) is 31.2 Å². The first-order valence-corrected chi connectivity index (χ1v) is 10.2. The number of benzene rings is 1. The van der Waals surface area contributed by atoms with Crippen LogP contribution in [0.2, 0.25) is 0 Å². The average Bonchev–Trinajstić information content (AvgIpc) is 2.53. The molecule has 0 aromatic heterocycles. The van der Waals surface area contributed by atoms with Gasteiger partial charge in [-0.3, -0.25) is 4.79 Å². The highest BCUT2D eigenvalue weighted by Gasteiger charge is 2.31. The molecule has 4 heteroatoms. The minimum Gasteiger partial charge on any atom is -0.294 e. The number of allylic oxidation sites excluding steroid dienone is 2. The number of ketones is 1. The van der Waals surface area contributed by atoms with Crippen LogP contribution >= 0.6 is 11.8 Å². The quantitative estimate of drug-likeness (QED) is 0.562. The zero-order valence-electron chi connectivity index (χ0n) is 16.0. The number of aryl methyl sites for hydroxylation is 3. The Kier molecular flexibility index (Phi) is 7.00. The zero-order valence-corrected chi connectivity index (χ0v) is 16.8. The summed E-state index contributed by atoms with van der Waals surface area (Å²) < 4.78 is 0. The van der Waals surface area contributed by atoms with Crippen molar-refractivity contribution in [1.29, 1.82) is 0 Å². The van der Waals surface area contributed by atoms with Gasteiger partial charge in [0.25, 0.3) is 0 Å². The second-order valence-corrected chi connectivity index (χ2v) is 8.85. The lowest BCUT2D eigenvalue weighted by atomic mass is 9.79. The summed E-state index contributed by atoms with van der Waals surface area (Å²) in [5.74, 6) is 1.45. The first-order chi connectivity index (χ1) is 11.9. The van der Waals surface area contributed by atoms with E-state index in [4.69, 9.17) is 0 Å². The van der Waals surface area contributed by atoms with Gasteiger partial charge in [0.2, 0.25) is 0 Å². The van der Waals surface area contributed by atoms with Crippen LogP contribution in [-0.4, -0.2) is 16.8 Å². The van der Waals surface area contributed by atoms with Crippen molar-refractivity contribution in [1.82, 2.24) is 0 Å². The number of hydrogen-bond acceptors (Lipinski definition) is 4. The molecule has 2 atom stereocenters. The highest BCUT2D eigenvalue weighted by Crippen LogP contribution is 2.39. The fourth-order valence-electron chi connectivity index (χ4n) is 3.94. The molecule has 0 radical (unpaired) electrons. The number of Topliss-reactive ketones (excluding diaryl/α,β-unsaturated/α-hetero) is 1. The second-order valence-electron chi connectivity index (χ2n) is 7.30. The van der Waals surface area contributed by atoms with Crippen LogP contribution in [0.5, 0.6) is 0 Å². The number of nitroso groups, excluding NO2 is 1. The number of thioether (sulfide) groups is 1. The van der Waals surface area contributed by atoms with E-state index in [0.717, 1.165) is 35.3 Å². The van der Waals surface area contributed by atoms with Crippen LogP contribution in [0.25, 0.3) is 5.57 Å². The number of carbonyl (C=O) groups is 1. The lowest BCUT2D eigenvalue weighted by molar-refractivity contribution is -0.115. The van der Waals surface area contributed by atoms with Gasteiger partial charge in [-0.15, -0.1) is 4.91 Å². The third kappa shape index (κ3) is 4.81. The SMILES string of the molecule is CCCSC(C)CC1CC(=O)C(c2c(C)cc(C)cc2C)=C(N=O)C1. The van der Waals surface area contributed by atoms with Gasteiger partial charge in [-0.05, 0) is 73.6 Å². The molecule has 1 aromatic carbocycles. The molecule has 0 aliphatic heterocycles. The van der Waals surface area contributed by atoms with Crippen LogP contribution < -0.4 is 0 Å². The van der Waals surface area contributed by atoms with E-state index in [1.807, 2.05) is 32.5 Å². The molecule has 1 aromatic rings. The van der Waals surface area contributed by atoms with Crippen molar-refractivity contribution in [2.24, 2.45) is 11.1 Å². The number of hydrogen-bond donors (Lipinski definition) is 0. The highest BCUT2D eigenvalue weighted by atomic mass is 32.2. The molecule has 1 aliphatic rings. The zero-order chi connectivity index (χ0) is 18.6. The van der Waals surface area contributed by atoms with Crippen molar-refractivity contribution in [2.75, 3.05) is 5.75 Å². The van der Waals surface area contributed by atoms with E-state index in [1.165, 1.54) is 5.56 Å². The molecular formula is C21H29NO2S. The summed E-state index contributed by atoms with van der Waals surface area (Å²) in [6, 6.07) is 4.14. The summed E-state index contributed by atoms with van der Waals surface area (Å²) in [6.45, 7) is 10.5. The van der Waals surface area contributed by atoms with Gasteiger partial charge in [0.15, 0.2) is 5.78 Å². The van der Waals surface area contributed by atoms with E-state index in [0.29, 0.717) is 29.4 Å². The number of carbonyl (C=O) groups excluding carboxylic acids is 1. The van der Waals surface area contributed by atoms with E-state index < -0.39 is 0 Å². The maximum absolute atomic E-state index is 12.9. The monoisotopic (exact) mass is 359 g/mol. The van der Waals surface area contributed by atoms with Crippen LogP contribution in [0.4, 0.5) is 0 Å². The fraction of sp³-hybridized carbons (Fsp3) is 0.571. The van der Waals surface area contributed by atoms with Gasteiger partial charge in [0.05, 0.1) is 11.3 Å². The predicted octanol–water partition coefficient (Wildman–Crippen LogP) is 5.99. The highest BCUT2D eigenvalue weighted by molar-refractivity contribution is 7.99. The van der Waals surface area contributed by atoms with E-state index in [9.17, 15) is 9.70 Å². The summed E-state index contributed by atoms with van der Waals surface area (Å²) in [5, 5.41) is 3.79. The Bertz CT molecular complexity index is 670. The minimum atomic E-state index is 0.0774. The first kappa shape index (κ1) is 19.9. The topological polar surface area (TPSA) is 46.5 Å². The lowest BCUT2D eigenvalue weighted by Gasteiger charge is -2.27. The van der Waals surface area contributed by atoms with Crippen molar-refractivity contribution in [3.63, 3.8) is 0 Å². The molecule has 0 heterocycles. The fourth-order valence-corrected chi connectivity index (χ4v) is 4.98. The van der Waals surface area contributed by atoms with Crippen LogP contribution in [0, 0.1) is 31.6 Å². The number of rotatable bonds is 7. The van der Waals surface area contributed by atoms with Gasteiger partial charge in [-0.1, -0.05) is 31.5 Å². The average molecular weight is 360 g/mol. The Balaban J connectivity index is 2.30. The summed E-state index contributed by atoms with van der Waals surface area (Å²) >= 11 is 1.95. The standard InChI is InChI=1S/C21H29NO2S/c1-6-7-25-16(5)10-17-11-18(22-24)21(19(23)12-17)20-14(3)8-13(2)9-15(20)4/h8-9,16-17H,6-7,10-12H2,1-5H3. The maximum Gasteiger partial charge on any atom is 0.165 e. The van der Waals surface area contributed by atoms with Crippen molar-refractivity contribution < 1.29 is 4.79 Å². The van der Waals surface area contributed by atoms with Gasteiger partial charge in [0, 0.05) is 11.7 Å². The van der Waals surface area contributed by atoms with Crippen LogP contribution in [0.15, 0.2) is 23.0 Å². The van der Waals surface area contributed by atoms with Gasteiger partial charge >= 0.3 is 0 Å². The Morgan fingerprint density at radius 3 is 2.40 bits per heavy atom. The molecule has 0 amide bonds. The maximum atomic E-state index is 12.9. The van der Waals surface area contributed by atoms with Crippen molar-refractivity contribution >= 4 is 23.1 Å². The Morgan fingerprint density at radius 2 is 1.84 bits per heavy atom. The molecule has 0 N–H and O–H groups in total. The molecule has 0 bridgehead atoms. The molecule has 2 unspecified atom stereocenters. The molecule has 25 heavy (non-hydrogen) atoms. The third-order valence-corrected chi connectivity index (χ3v) is 6.24. The summed E-state index contributed by atoms with van der Waals surface area (Å²) in [5.41, 5.74) is 5.19. The minimum absolute atomic E-state index is 0.0774. The Hall–Kier alpha value is -1.42. The smallest absolute Gasteiger partial charge is 0.165 e. The van der Waals surface area contributed by atoms with Gasteiger partial charge < -0.3 is 0 Å². The molecule has 0 saturated carbocycles. The Morgan fingerprint density at radius 1 is 1.20 bits per heavy atom. The van der Waals surface area contributed by atoms with Crippen LogP contribution in [0.1, 0.15) is 61.8 Å². The summed E-state index contributed by atoms with van der Waals surface area (Å²) in [6.07, 6.45) is 3.27. The molecule has 3 nitrogen and oxygen atoms in total. The largest absolute Gasteiger partial charge is 0.294 e. The van der Waals surface area contributed by atoms with Gasteiger partial charge in [-0.2, -0.15) is 11.8 Å². The molecule has 0 saturated heterocycles. The molecule has 1 aliphatic carbocycles. The predicted molar refractivity (Wildman–Crippen MR) is 108 cm³/mol. The van der Waals surface area contributed by atoms with Crippen molar-refractivity contribution in [2.45, 2.75) is 65.6 Å². The van der Waals surface area contributed by atoms with Crippen LogP contribution in [0.3, 0.4) is 0 Å². The van der Waals surface area contributed by atoms with E-state index in [-0.39, 0.29) is 11.7 Å². The molecule has 136 valence electrons. The molecule has 0 fully saturated rings. The van der Waals surface area contributed by atoms with Gasteiger partial charge in [-0.25, -0.2) is 0 Å². The summed E-state index contributed by atoms with van der Waals surface area (Å²) in [4.78, 5) is 24.4. The van der Waals surface area contributed by atoms with Gasteiger partial charge in [0.1, 0.15) is 0 Å².